The molecule has 0 spiro atoms. The number of anilines is 1. The minimum atomic E-state index is -3.94. The van der Waals surface area contributed by atoms with Gasteiger partial charge in [0, 0.05) is 25.0 Å². The molecule has 170 valence electrons. The summed E-state index contributed by atoms with van der Waals surface area (Å²) in [5.74, 6) is 0.908. The zero-order valence-electron chi connectivity index (χ0n) is 17.5. The summed E-state index contributed by atoms with van der Waals surface area (Å²) in [5, 5.41) is 7.69. The highest BCUT2D eigenvalue weighted by atomic mass is 35.5. The summed E-state index contributed by atoms with van der Waals surface area (Å²) in [6, 6.07) is 0. The quantitative estimate of drug-likeness (QED) is 0.611. The van der Waals surface area contributed by atoms with Gasteiger partial charge < -0.3 is 14.2 Å². The average Bonchev–Trinajstić information content (AvgIpc) is 3.36. The number of aromatic nitrogens is 5. The van der Waals surface area contributed by atoms with Crippen LogP contribution in [0.5, 0.6) is 0 Å². The molecule has 2 aromatic heterocycles. The Labute approximate surface area is 185 Å². The Morgan fingerprint density at radius 1 is 1.29 bits per heavy atom. The molecule has 0 aromatic carbocycles. The molecule has 13 heteroatoms. The van der Waals surface area contributed by atoms with Gasteiger partial charge in [-0.25, -0.2) is 18.4 Å². The van der Waals surface area contributed by atoms with Crippen LogP contribution in [0, 0.1) is 0 Å². The standard InChI is InChI=1S/C18H25ClN6O5S/c1-11(14(28-3)15-20-8-12(19)9-21-15)31(26,27)24-17-23-22-16(13-10-29-6-7-30-13)25(17)18(2)4-5-18/h8-9,11,13-14H,4-7,10H2,1-3H3,(H,23,24)/t11-,13+,14-/m0/s1. The van der Waals surface area contributed by atoms with E-state index in [0.29, 0.717) is 30.7 Å². The number of ether oxygens (including phenoxy) is 3. The molecule has 3 heterocycles. The molecule has 3 atom stereocenters. The minimum absolute atomic E-state index is 0.142. The molecule has 1 saturated carbocycles. The van der Waals surface area contributed by atoms with Gasteiger partial charge in [0.15, 0.2) is 11.6 Å². The first kappa shape index (κ1) is 22.3. The summed E-state index contributed by atoms with van der Waals surface area (Å²) >= 11 is 5.84. The lowest BCUT2D eigenvalue weighted by Crippen LogP contribution is -2.34. The van der Waals surface area contributed by atoms with Crippen molar-refractivity contribution in [2.24, 2.45) is 0 Å². The molecule has 0 bridgehead atoms. The van der Waals surface area contributed by atoms with Crippen molar-refractivity contribution in [1.29, 1.82) is 0 Å². The van der Waals surface area contributed by atoms with Crippen molar-refractivity contribution in [1.82, 2.24) is 24.7 Å². The van der Waals surface area contributed by atoms with Crippen LogP contribution in [0.1, 0.15) is 50.5 Å². The van der Waals surface area contributed by atoms with Crippen LogP contribution in [0.4, 0.5) is 5.95 Å². The predicted octanol–water partition coefficient (Wildman–Crippen LogP) is 1.84. The van der Waals surface area contributed by atoms with Gasteiger partial charge in [-0.2, -0.15) is 0 Å². The van der Waals surface area contributed by atoms with E-state index in [9.17, 15) is 8.42 Å². The maximum Gasteiger partial charge on any atom is 0.240 e. The number of methoxy groups -OCH3 is 1. The van der Waals surface area contributed by atoms with Gasteiger partial charge >= 0.3 is 0 Å². The van der Waals surface area contributed by atoms with E-state index in [2.05, 4.69) is 24.9 Å². The van der Waals surface area contributed by atoms with Gasteiger partial charge in [-0.3, -0.25) is 9.29 Å². The Kier molecular flexibility index (Phi) is 6.19. The molecule has 2 fully saturated rings. The van der Waals surface area contributed by atoms with E-state index in [1.807, 2.05) is 11.5 Å². The molecule has 0 unspecified atom stereocenters. The summed E-state index contributed by atoms with van der Waals surface area (Å²) in [6.45, 7) is 4.86. The van der Waals surface area contributed by atoms with E-state index in [1.54, 1.807) is 0 Å². The summed E-state index contributed by atoms with van der Waals surface area (Å²) in [6.07, 6.45) is 3.25. The van der Waals surface area contributed by atoms with Crippen molar-refractivity contribution in [3.63, 3.8) is 0 Å². The van der Waals surface area contributed by atoms with Crippen molar-refractivity contribution < 1.29 is 22.6 Å². The van der Waals surface area contributed by atoms with Crippen molar-refractivity contribution >= 4 is 27.6 Å². The largest absolute Gasteiger partial charge is 0.376 e. The Balaban J connectivity index is 1.61. The predicted molar refractivity (Wildman–Crippen MR) is 111 cm³/mol. The van der Waals surface area contributed by atoms with Crippen LogP contribution < -0.4 is 4.72 Å². The molecule has 2 aromatic rings. The Bertz CT molecular complexity index is 1020. The first-order valence-corrected chi connectivity index (χ1v) is 11.8. The van der Waals surface area contributed by atoms with Crippen LogP contribution in [-0.4, -0.2) is 65.3 Å². The van der Waals surface area contributed by atoms with E-state index < -0.39 is 27.5 Å². The van der Waals surface area contributed by atoms with Crippen LogP contribution in [0.3, 0.4) is 0 Å². The molecule has 1 aliphatic heterocycles. The Hall–Kier alpha value is -1.86. The Morgan fingerprint density at radius 2 is 2.00 bits per heavy atom. The molecule has 0 amide bonds. The molecule has 1 aliphatic carbocycles. The second kappa shape index (κ2) is 8.58. The third-order valence-corrected chi connectivity index (χ3v) is 7.49. The normalized spacial score (nSPS) is 22.6. The summed E-state index contributed by atoms with van der Waals surface area (Å²) < 4.78 is 47.5. The van der Waals surface area contributed by atoms with Crippen molar-refractivity contribution in [2.75, 3.05) is 31.7 Å². The molecule has 1 N–H and O–H groups in total. The summed E-state index contributed by atoms with van der Waals surface area (Å²) in [4.78, 5) is 8.20. The molecular weight excluding hydrogens is 448 g/mol. The number of sulfonamides is 1. The van der Waals surface area contributed by atoms with E-state index >= 15 is 0 Å². The minimum Gasteiger partial charge on any atom is -0.376 e. The first-order valence-electron chi connectivity index (χ1n) is 9.92. The fraction of sp³-hybridized carbons (Fsp3) is 0.667. The first-order chi connectivity index (χ1) is 14.7. The van der Waals surface area contributed by atoms with Gasteiger partial charge in [-0.15, -0.1) is 10.2 Å². The monoisotopic (exact) mass is 472 g/mol. The number of rotatable bonds is 8. The van der Waals surface area contributed by atoms with E-state index in [0.717, 1.165) is 12.8 Å². The lowest BCUT2D eigenvalue weighted by molar-refractivity contribution is -0.0952. The smallest absolute Gasteiger partial charge is 0.240 e. The molecular formula is C18H25ClN6O5S. The second-order valence-electron chi connectivity index (χ2n) is 7.92. The lowest BCUT2D eigenvalue weighted by atomic mass is 10.2. The summed E-state index contributed by atoms with van der Waals surface area (Å²) in [7, 11) is -2.54. The number of nitrogens with zero attached hydrogens (tertiary/aromatic N) is 5. The molecule has 4 rings (SSSR count). The number of nitrogens with one attached hydrogen (secondary N) is 1. The zero-order valence-corrected chi connectivity index (χ0v) is 19.1. The van der Waals surface area contributed by atoms with Gasteiger partial charge in [0.1, 0.15) is 17.5 Å². The highest BCUT2D eigenvalue weighted by Crippen LogP contribution is 2.46. The third kappa shape index (κ3) is 4.53. The highest BCUT2D eigenvalue weighted by Gasteiger charge is 2.45. The summed E-state index contributed by atoms with van der Waals surface area (Å²) in [5.41, 5.74) is -0.277. The molecule has 2 aliphatic rings. The second-order valence-corrected chi connectivity index (χ2v) is 10.4. The van der Waals surface area contributed by atoms with Crippen LogP contribution in [0.2, 0.25) is 5.02 Å². The number of halogens is 1. The van der Waals surface area contributed by atoms with Gasteiger partial charge in [0.05, 0.1) is 24.8 Å². The maximum atomic E-state index is 13.2. The maximum absolute atomic E-state index is 13.2. The molecule has 0 radical (unpaired) electrons. The fourth-order valence-corrected chi connectivity index (χ4v) is 4.73. The van der Waals surface area contributed by atoms with Gasteiger partial charge in [0.2, 0.25) is 16.0 Å². The molecule has 31 heavy (non-hydrogen) atoms. The van der Waals surface area contributed by atoms with Crippen LogP contribution in [0.15, 0.2) is 12.4 Å². The topological polar surface area (TPSA) is 130 Å². The van der Waals surface area contributed by atoms with Crippen molar-refractivity contribution in [3.05, 3.63) is 29.1 Å². The number of hydrogen-bond acceptors (Lipinski definition) is 9. The van der Waals surface area contributed by atoms with E-state index in [-0.39, 0.29) is 17.3 Å². The molecule has 11 nitrogen and oxygen atoms in total. The van der Waals surface area contributed by atoms with E-state index in [4.69, 9.17) is 25.8 Å². The van der Waals surface area contributed by atoms with Crippen molar-refractivity contribution in [2.45, 2.75) is 49.7 Å². The lowest BCUT2D eigenvalue weighted by Gasteiger charge is -2.26. The molecule has 1 saturated heterocycles. The van der Waals surface area contributed by atoms with Gasteiger partial charge in [-0.05, 0) is 26.7 Å². The SMILES string of the molecule is CO[C@H](c1ncc(Cl)cn1)[C@H](C)S(=O)(=O)Nc1nnc([C@H]2COCCO2)n1C1(C)CC1. The zero-order chi connectivity index (χ0) is 22.2. The Morgan fingerprint density at radius 3 is 2.58 bits per heavy atom. The van der Waals surface area contributed by atoms with Crippen LogP contribution in [-0.2, 0) is 29.8 Å². The highest BCUT2D eigenvalue weighted by molar-refractivity contribution is 7.93. The van der Waals surface area contributed by atoms with Crippen LogP contribution in [0.25, 0.3) is 0 Å². The average molecular weight is 473 g/mol. The third-order valence-electron chi connectivity index (χ3n) is 5.60. The van der Waals surface area contributed by atoms with Crippen molar-refractivity contribution in [3.8, 4) is 0 Å². The van der Waals surface area contributed by atoms with Gasteiger partial charge in [0.25, 0.3) is 0 Å². The number of hydrogen-bond donors (Lipinski definition) is 1. The van der Waals surface area contributed by atoms with Gasteiger partial charge in [-0.1, -0.05) is 11.6 Å². The fourth-order valence-electron chi connectivity index (χ4n) is 3.50. The van der Waals surface area contributed by atoms with E-state index in [1.165, 1.54) is 26.4 Å². The van der Waals surface area contributed by atoms with Crippen LogP contribution >= 0.6 is 11.6 Å².